The molecule has 3 aliphatic rings. The van der Waals surface area contributed by atoms with E-state index in [-0.39, 0.29) is 0 Å². The van der Waals surface area contributed by atoms with Crippen LogP contribution in [0.4, 0.5) is 0 Å². The van der Waals surface area contributed by atoms with Gasteiger partial charge in [0, 0.05) is 18.7 Å². The van der Waals surface area contributed by atoms with Gasteiger partial charge in [-0.25, -0.2) is 0 Å². The van der Waals surface area contributed by atoms with E-state index in [0.717, 1.165) is 24.7 Å². The average molecular weight is 195 g/mol. The molecule has 1 heterocycles. The van der Waals surface area contributed by atoms with Crippen LogP contribution in [0.5, 0.6) is 0 Å². The molecular weight excluding hydrogens is 174 g/mol. The predicted octanol–water partition coefficient (Wildman–Crippen LogP) is 2.09. The lowest BCUT2D eigenvalue weighted by molar-refractivity contribution is 0.0613. The fraction of sp³-hybridized carbons (Fsp3) is 1.00. The molecule has 14 heavy (non-hydrogen) atoms. The van der Waals surface area contributed by atoms with Crippen molar-refractivity contribution in [3.05, 3.63) is 0 Å². The van der Waals surface area contributed by atoms with Gasteiger partial charge in [0.2, 0.25) is 0 Å². The topological polar surface area (TPSA) is 21.3 Å². The van der Waals surface area contributed by atoms with Crippen molar-refractivity contribution in [1.82, 2.24) is 5.32 Å². The largest absolute Gasteiger partial charge is 0.380 e. The number of ether oxygens (including phenoxy) is 1. The van der Waals surface area contributed by atoms with E-state index in [4.69, 9.17) is 4.74 Å². The fourth-order valence-electron chi connectivity index (χ4n) is 3.59. The van der Waals surface area contributed by atoms with Gasteiger partial charge in [-0.1, -0.05) is 12.8 Å². The van der Waals surface area contributed by atoms with Gasteiger partial charge in [0.25, 0.3) is 0 Å². The van der Waals surface area contributed by atoms with Crippen LogP contribution in [0.2, 0.25) is 0 Å². The van der Waals surface area contributed by atoms with E-state index < -0.39 is 0 Å². The Labute approximate surface area is 86.4 Å². The molecule has 1 spiro atoms. The second-order valence-corrected chi connectivity index (χ2v) is 5.39. The third kappa shape index (κ3) is 1.40. The Bertz CT molecular complexity index is 204. The highest BCUT2D eigenvalue weighted by molar-refractivity contribution is 5.03. The molecule has 2 nitrogen and oxygen atoms in total. The first-order valence-corrected chi connectivity index (χ1v) is 6.23. The summed E-state index contributed by atoms with van der Waals surface area (Å²) in [6.07, 6.45) is 10.0. The lowest BCUT2D eigenvalue weighted by Crippen LogP contribution is -2.55. The van der Waals surface area contributed by atoms with E-state index in [0.29, 0.717) is 6.04 Å². The molecule has 2 aliphatic carbocycles. The maximum atomic E-state index is 5.42. The summed E-state index contributed by atoms with van der Waals surface area (Å²) in [5, 5.41) is 3.82. The van der Waals surface area contributed by atoms with E-state index >= 15 is 0 Å². The van der Waals surface area contributed by atoms with Crippen molar-refractivity contribution in [2.24, 2.45) is 5.41 Å². The molecule has 3 rings (SSSR count). The molecule has 80 valence electrons. The zero-order chi connectivity index (χ0) is 9.43. The standard InChI is InChI=1S/C12H21NO/c1-2-6-12(5-1)7-3-11(12)13-10-4-8-14-9-10/h10-11,13H,1-9H2. The van der Waals surface area contributed by atoms with Gasteiger partial charge in [-0.3, -0.25) is 0 Å². The number of hydrogen-bond donors (Lipinski definition) is 1. The zero-order valence-corrected chi connectivity index (χ0v) is 8.93. The smallest absolute Gasteiger partial charge is 0.0620 e. The molecule has 3 fully saturated rings. The monoisotopic (exact) mass is 195 g/mol. The lowest BCUT2D eigenvalue weighted by atomic mass is 9.63. The van der Waals surface area contributed by atoms with Gasteiger partial charge in [-0.05, 0) is 37.5 Å². The first-order chi connectivity index (χ1) is 6.89. The quantitative estimate of drug-likeness (QED) is 0.728. The van der Waals surface area contributed by atoms with Crippen LogP contribution >= 0.6 is 0 Å². The Morgan fingerprint density at radius 3 is 2.50 bits per heavy atom. The highest BCUT2D eigenvalue weighted by atomic mass is 16.5. The Morgan fingerprint density at radius 2 is 1.93 bits per heavy atom. The van der Waals surface area contributed by atoms with Gasteiger partial charge < -0.3 is 10.1 Å². The normalized spacial score (nSPS) is 40.3. The summed E-state index contributed by atoms with van der Waals surface area (Å²) in [7, 11) is 0. The first kappa shape index (κ1) is 9.17. The molecule has 1 aliphatic heterocycles. The summed E-state index contributed by atoms with van der Waals surface area (Å²) in [4.78, 5) is 0. The predicted molar refractivity (Wildman–Crippen MR) is 56.3 cm³/mol. The molecule has 2 saturated carbocycles. The summed E-state index contributed by atoms with van der Waals surface area (Å²) >= 11 is 0. The number of hydrogen-bond acceptors (Lipinski definition) is 2. The molecule has 2 heteroatoms. The van der Waals surface area contributed by atoms with E-state index in [1.165, 1.54) is 44.9 Å². The van der Waals surface area contributed by atoms with Crippen molar-refractivity contribution < 1.29 is 4.74 Å². The van der Waals surface area contributed by atoms with Crippen molar-refractivity contribution >= 4 is 0 Å². The third-order valence-corrected chi connectivity index (χ3v) is 4.64. The van der Waals surface area contributed by atoms with Crippen LogP contribution in [-0.4, -0.2) is 25.3 Å². The fourth-order valence-corrected chi connectivity index (χ4v) is 3.59. The molecule has 1 saturated heterocycles. The van der Waals surface area contributed by atoms with Crippen LogP contribution in [0.25, 0.3) is 0 Å². The number of nitrogens with one attached hydrogen (secondary N) is 1. The molecule has 2 atom stereocenters. The Kier molecular flexibility index (Phi) is 2.29. The second kappa shape index (κ2) is 3.49. The first-order valence-electron chi connectivity index (χ1n) is 6.23. The van der Waals surface area contributed by atoms with Gasteiger partial charge in [0.05, 0.1) is 6.61 Å². The Hall–Kier alpha value is -0.0800. The molecule has 0 aromatic carbocycles. The number of rotatable bonds is 2. The lowest BCUT2D eigenvalue weighted by Gasteiger charge is -2.49. The Morgan fingerprint density at radius 1 is 1.07 bits per heavy atom. The summed E-state index contributed by atoms with van der Waals surface area (Å²) in [6.45, 7) is 1.92. The molecule has 0 bridgehead atoms. The van der Waals surface area contributed by atoms with Crippen molar-refractivity contribution in [3.63, 3.8) is 0 Å². The van der Waals surface area contributed by atoms with Crippen molar-refractivity contribution in [3.8, 4) is 0 Å². The highest BCUT2D eigenvalue weighted by Crippen LogP contribution is 2.53. The van der Waals surface area contributed by atoms with E-state index in [1.807, 2.05) is 0 Å². The van der Waals surface area contributed by atoms with Crippen molar-refractivity contribution in [1.29, 1.82) is 0 Å². The maximum Gasteiger partial charge on any atom is 0.0620 e. The summed E-state index contributed by atoms with van der Waals surface area (Å²) in [6, 6.07) is 1.49. The minimum absolute atomic E-state index is 0.665. The highest BCUT2D eigenvalue weighted by Gasteiger charge is 2.48. The van der Waals surface area contributed by atoms with E-state index in [2.05, 4.69) is 5.32 Å². The van der Waals surface area contributed by atoms with Crippen LogP contribution in [0.3, 0.4) is 0 Å². The van der Waals surface area contributed by atoms with Crippen LogP contribution in [0.15, 0.2) is 0 Å². The van der Waals surface area contributed by atoms with Gasteiger partial charge >= 0.3 is 0 Å². The van der Waals surface area contributed by atoms with Crippen LogP contribution in [0, 0.1) is 5.41 Å². The molecule has 0 aromatic rings. The van der Waals surface area contributed by atoms with Crippen molar-refractivity contribution in [2.45, 2.75) is 57.0 Å². The van der Waals surface area contributed by atoms with Gasteiger partial charge in [0.1, 0.15) is 0 Å². The zero-order valence-electron chi connectivity index (χ0n) is 8.93. The van der Waals surface area contributed by atoms with Crippen LogP contribution < -0.4 is 5.32 Å². The minimum Gasteiger partial charge on any atom is -0.380 e. The molecular formula is C12H21NO. The van der Waals surface area contributed by atoms with E-state index in [1.54, 1.807) is 0 Å². The van der Waals surface area contributed by atoms with Gasteiger partial charge in [-0.15, -0.1) is 0 Å². The maximum absolute atomic E-state index is 5.42. The van der Waals surface area contributed by atoms with Gasteiger partial charge in [0.15, 0.2) is 0 Å². The summed E-state index contributed by atoms with van der Waals surface area (Å²) in [5.74, 6) is 0. The van der Waals surface area contributed by atoms with Crippen LogP contribution in [0.1, 0.15) is 44.9 Å². The summed E-state index contributed by atoms with van der Waals surface area (Å²) in [5.41, 5.74) is 0.725. The molecule has 0 radical (unpaired) electrons. The van der Waals surface area contributed by atoms with E-state index in [9.17, 15) is 0 Å². The molecule has 1 N–H and O–H groups in total. The molecule has 2 unspecified atom stereocenters. The Balaban J connectivity index is 1.57. The minimum atomic E-state index is 0.665. The molecule has 0 amide bonds. The van der Waals surface area contributed by atoms with Crippen molar-refractivity contribution in [2.75, 3.05) is 13.2 Å². The third-order valence-electron chi connectivity index (χ3n) is 4.64. The van der Waals surface area contributed by atoms with Crippen LogP contribution in [-0.2, 0) is 4.74 Å². The van der Waals surface area contributed by atoms with Gasteiger partial charge in [-0.2, -0.15) is 0 Å². The summed E-state index contributed by atoms with van der Waals surface area (Å²) < 4.78 is 5.42. The molecule has 0 aromatic heterocycles. The SMILES string of the molecule is C1CCC2(C1)CCC2NC1CCOC1. The second-order valence-electron chi connectivity index (χ2n) is 5.39. The average Bonchev–Trinajstić information content (AvgIpc) is 2.84.